The Balaban J connectivity index is 1.37. The third kappa shape index (κ3) is 5.47. The number of carbonyl (C=O) groups excluding carboxylic acids is 1. The summed E-state index contributed by atoms with van der Waals surface area (Å²) in [6, 6.07) is 15.6. The molecule has 2 aromatic rings. The maximum Gasteiger partial charge on any atom is 0.326 e. The summed E-state index contributed by atoms with van der Waals surface area (Å²) in [7, 11) is -3.84. The van der Waals surface area contributed by atoms with Gasteiger partial charge in [-0.25, -0.2) is 9.03 Å². The largest absolute Gasteiger partial charge is 0.490 e. The Labute approximate surface area is 198 Å². The van der Waals surface area contributed by atoms with E-state index in [1.165, 1.54) is 0 Å². The minimum atomic E-state index is -3.84. The van der Waals surface area contributed by atoms with Gasteiger partial charge in [-0.15, -0.1) is 0 Å². The Bertz CT molecular complexity index is 1290. The van der Waals surface area contributed by atoms with E-state index >= 15 is 0 Å². The predicted molar refractivity (Wildman–Crippen MR) is 127 cm³/mol. The summed E-state index contributed by atoms with van der Waals surface area (Å²) in [6.45, 7) is 3.92. The molecular formula is C25H23N3O5S. The van der Waals surface area contributed by atoms with E-state index in [2.05, 4.69) is 12.6 Å². The molecule has 1 heterocycles. The van der Waals surface area contributed by atoms with Gasteiger partial charge in [0.25, 0.3) is 5.91 Å². The molecular weight excluding hydrogens is 454 g/mol. The van der Waals surface area contributed by atoms with Crippen LogP contribution in [0.5, 0.6) is 11.5 Å². The molecule has 0 unspecified atom stereocenters. The quantitative estimate of drug-likeness (QED) is 0.703. The maximum atomic E-state index is 12.0. The molecule has 0 bridgehead atoms. The van der Waals surface area contributed by atoms with Gasteiger partial charge < -0.3 is 9.47 Å². The number of anilines is 1. The van der Waals surface area contributed by atoms with Crippen molar-refractivity contribution in [2.24, 2.45) is 0 Å². The second-order valence-corrected chi connectivity index (χ2v) is 9.44. The van der Waals surface area contributed by atoms with E-state index in [0.717, 1.165) is 9.88 Å². The van der Waals surface area contributed by atoms with Gasteiger partial charge in [0, 0.05) is 6.42 Å². The van der Waals surface area contributed by atoms with Crippen molar-refractivity contribution < 1.29 is 22.7 Å². The summed E-state index contributed by atoms with van der Waals surface area (Å²) < 4.78 is 39.1. The number of rotatable bonds is 5. The Morgan fingerprint density at radius 2 is 1.79 bits per heavy atom. The van der Waals surface area contributed by atoms with Crippen molar-refractivity contribution >= 4 is 21.8 Å². The number of benzene rings is 2. The molecule has 0 spiro atoms. The van der Waals surface area contributed by atoms with Crippen LogP contribution in [0, 0.1) is 11.3 Å². The van der Waals surface area contributed by atoms with Crippen LogP contribution in [0.4, 0.5) is 5.69 Å². The minimum absolute atomic E-state index is 0.111. The molecule has 0 radical (unpaired) electrons. The average Bonchev–Trinajstić information content (AvgIpc) is 3.14. The number of amides is 1. The summed E-state index contributed by atoms with van der Waals surface area (Å²) >= 11 is 0. The number of nitriles is 1. The molecule has 4 rings (SSSR count). The number of hydrogen-bond donors (Lipinski definition) is 1. The first kappa shape index (κ1) is 23.1. The van der Waals surface area contributed by atoms with Gasteiger partial charge in [-0.1, -0.05) is 18.7 Å². The lowest BCUT2D eigenvalue weighted by molar-refractivity contribution is -0.117. The van der Waals surface area contributed by atoms with Crippen LogP contribution in [0.1, 0.15) is 24.8 Å². The molecule has 1 atom stereocenters. The van der Waals surface area contributed by atoms with E-state index in [0.29, 0.717) is 47.8 Å². The van der Waals surface area contributed by atoms with E-state index in [4.69, 9.17) is 14.7 Å². The first-order valence-corrected chi connectivity index (χ1v) is 12.1. The number of allylic oxidation sites excluding steroid dienone is 3. The SMILES string of the molecule is C=C1CC[C@@H](Oc2ccc(N3CC(=O)NS3(=O)=O)cc2)C/C=C\C=C/1Oc1ccc(C#N)cc1. The molecule has 0 aromatic heterocycles. The zero-order chi connectivity index (χ0) is 24.1. The van der Waals surface area contributed by atoms with Gasteiger partial charge in [0.15, 0.2) is 0 Å². The first-order chi connectivity index (χ1) is 16.3. The van der Waals surface area contributed by atoms with E-state index in [1.807, 2.05) is 23.0 Å². The Morgan fingerprint density at radius 1 is 1.09 bits per heavy atom. The van der Waals surface area contributed by atoms with Crippen LogP contribution in [-0.2, 0) is 15.0 Å². The third-order valence-electron chi connectivity index (χ3n) is 5.36. The zero-order valence-corrected chi connectivity index (χ0v) is 19.1. The van der Waals surface area contributed by atoms with E-state index in [1.54, 1.807) is 48.5 Å². The molecule has 2 aliphatic rings. The molecule has 2 aromatic carbocycles. The summed E-state index contributed by atoms with van der Waals surface area (Å²) in [5.41, 5.74) is 1.79. The zero-order valence-electron chi connectivity index (χ0n) is 18.3. The monoisotopic (exact) mass is 477 g/mol. The normalized spacial score (nSPS) is 22.3. The van der Waals surface area contributed by atoms with Crippen LogP contribution in [0.25, 0.3) is 0 Å². The first-order valence-electron chi connectivity index (χ1n) is 10.7. The lowest BCUT2D eigenvalue weighted by Gasteiger charge is -2.20. The van der Waals surface area contributed by atoms with Crippen molar-refractivity contribution in [2.75, 3.05) is 10.8 Å². The predicted octanol–water partition coefficient (Wildman–Crippen LogP) is 3.75. The fraction of sp³-hybridized carbons (Fsp3) is 0.200. The molecule has 1 saturated heterocycles. The number of nitrogens with zero attached hydrogens (tertiary/aromatic N) is 2. The third-order valence-corrected chi connectivity index (χ3v) is 6.76. The molecule has 9 heteroatoms. The van der Waals surface area contributed by atoms with Crippen molar-refractivity contribution in [1.82, 2.24) is 4.72 Å². The van der Waals surface area contributed by atoms with Gasteiger partial charge in [0.1, 0.15) is 29.9 Å². The topological polar surface area (TPSA) is 109 Å². The Kier molecular flexibility index (Phi) is 6.70. The van der Waals surface area contributed by atoms with E-state index < -0.39 is 16.1 Å². The van der Waals surface area contributed by atoms with Gasteiger partial charge in [-0.2, -0.15) is 13.7 Å². The maximum absolute atomic E-state index is 12.0. The van der Waals surface area contributed by atoms with Crippen LogP contribution in [-0.4, -0.2) is 27.0 Å². The Morgan fingerprint density at radius 3 is 2.44 bits per heavy atom. The fourth-order valence-electron chi connectivity index (χ4n) is 3.58. The highest BCUT2D eigenvalue weighted by atomic mass is 32.2. The second-order valence-electron chi connectivity index (χ2n) is 7.85. The van der Waals surface area contributed by atoms with Crippen molar-refractivity contribution in [3.8, 4) is 17.6 Å². The standard InChI is InChI=1S/C25H23N3O5S/c1-18-6-11-21(4-2-3-5-24(18)33-23-12-7-19(16-26)8-13-23)32-22-14-9-20(10-15-22)28-17-25(29)27-34(28,30)31/h2-3,5,7-10,12-15,21H,1,4,6,11,17H2,(H,27,29)/b3-2-,24-5+/t21-/m0/s1. The van der Waals surface area contributed by atoms with Crippen LogP contribution in [0.15, 0.2) is 84.7 Å². The van der Waals surface area contributed by atoms with Gasteiger partial charge in [-0.05, 0) is 73.0 Å². The number of carbonyl (C=O) groups is 1. The smallest absolute Gasteiger partial charge is 0.326 e. The van der Waals surface area contributed by atoms with Crippen molar-refractivity contribution in [1.29, 1.82) is 5.26 Å². The molecule has 1 N–H and O–H groups in total. The van der Waals surface area contributed by atoms with Gasteiger partial charge in [0.2, 0.25) is 0 Å². The molecule has 1 aliphatic carbocycles. The fourth-order valence-corrected chi connectivity index (χ4v) is 4.73. The van der Waals surface area contributed by atoms with Gasteiger partial charge in [-0.3, -0.25) is 4.79 Å². The highest BCUT2D eigenvalue weighted by molar-refractivity contribution is 7.92. The lowest BCUT2D eigenvalue weighted by Crippen LogP contribution is -2.29. The number of hydrogen-bond acceptors (Lipinski definition) is 6. The van der Waals surface area contributed by atoms with Crippen LogP contribution in [0.3, 0.4) is 0 Å². The van der Waals surface area contributed by atoms with Gasteiger partial charge >= 0.3 is 10.2 Å². The highest BCUT2D eigenvalue weighted by Crippen LogP contribution is 2.27. The number of nitrogens with one attached hydrogen (secondary N) is 1. The van der Waals surface area contributed by atoms with Crippen molar-refractivity contribution in [3.63, 3.8) is 0 Å². The van der Waals surface area contributed by atoms with Crippen LogP contribution >= 0.6 is 0 Å². The molecule has 1 fully saturated rings. The van der Waals surface area contributed by atoms with Crippen LogP contribution in [0.2, 0.25) is 0 Å². The van der Waals surface area contributed by atoms with Crippen molar-refractivity contribution in [2.45, 2.75) is 25.4 Å². The molecule has 174 valence electrons. The summed E-state index contributed by atoms with van der Waals surface area (Å²) in [5.74, 6) is 1.32. The van der Waals surface area contributed by atoms with E-state index in [9.17, 15) is 13.2 Å². The van der Waals surface area contributed by atoms with Crippen molar-refractivity contribution in [3.05, 3.63) is 90.2 Å². The molecule has 0 saturated carbocycles. The average molecular weight is 478 g/mol. The van der Waals surface area contributed by atoms with E-state index in [-0.39, 0.29) is 12.6 Å². The summed E-state index contributed by atoms with van der Waals surface area (Å²) in [4.78, 5) is 11.4. The molecule has 1 aliphatic heterocycles. The molecule has 34 heavy (non-hydrogen) atoms. The minimum Gasteiger partial charge on any atom is -0.490 e. The second kappa shape index (κ2) is 9.85. The van der Waals surface area contributed by atoms with Crippen LogP contribution < -0.4 is 18.5 Å². The molecule has 1 amide bonds. The Hall–Kier alpha value is -4.03. The highest BCUT2D eigenvalue weighted by Gasteiger charge is 2.33. The molecule has 8 nitrogen and oxygen atoms in total. The number of ether oxygens (including phenoxy) is 2. The summed E-state index contributed by atoms with van der Waals surface area (Å²) in [5, 5.41) is 8.94. The van der Waals surface area contributed by atoms with Gasteiger partial charge in [0.05, 0.1) is 17.3 Å². The summed E-state index contributed by atoms with van der Waals surface area (Å²) in [6.07, 6.45) is 7.69. The lowest BCUT2D eigenvalue weighted by atomic mass is 10.1.